The molecule has 0 saturated heterocycles. The summed E-state index contributed by atoms with van der Waals surface area (Å²) in [6.07, 6.45) is 1.30. The van der Waals surface area contributed by atoms with Crippen molar-refractivity contribution in [1.82, 2.24) is 25.8 Å². The van der Waals surface area contributed by atoms with Crippen LogP contribution in [0.25, 0.3) is 0 Å². The van der Waals surface area contributed by atoms with Crippen LogP contribution in [0.4, 0.5) is 0 Å². The SMILES string of the molecule is CC(C)[C@@H]1NC(=O)CC[C@@H](C(=O)NCCCN(C)C)NC(=O)c2ccccc2OC[C@@H](Cc2ccccc2)N(C)C1=O. The summed E-state index contributed by atoms with van der Waals surface area (Å²) in [6.45, 7) is 5.13. The summed E-state index contributed by atoms with van der Waals surface area (Å²) in [5.41, 5.74) is 1.30. The first-order valence-electron chi connectivity index (χ1n) is 14.6. The Kier molecular flexibility index (Phi) is 12.3. The zero-order chi connectivity index (χ0) is 30.6. The van der Waals surface area contributed by atoms with Gasteiger partial charge in [0.15, 0.2) is 0 Å². The summed E-state index contributed by atoms with van der Waals surface area (Å²) in [6, 6.07) is 14.6. The summed E-state index contributed by atoms with van der Waals surface area (Å²) in [5, 5.41) is 8.58. The van der Waals surface area contributed by atoms with Crippen molar-refractivity contribution in [2.45, 2.75) is 57.7 Å². The molecular formula is C32H45N5O5. The average Bonchev–Trinajstić information content (AvgIpc) is 2.97. The third-order valence-electron chi connectivity index (χ3n) is 7.38. The summed E-state index contributed by atoms with van der Waals surface area (Å²) in [7, 11) is 5.63. The molecule has 0 aliphatic carbocycles. The molecule has 0 aromatic heterocycles. The molecule has 0 radical (unpaired) electrons. The number of amides is 4. The number of carbonyl (C=O) groups excluding carboxylic acids is 4. The highest BCUT2D eigenvalue weighted by Crippen LogP contribution is 2.21. The van der Waals surface area contributed by atoms with Gasteiger partial charge in [0.25, 0.3) is 5.91 Å². The molecule has 42 heavy (non-hydrogen) atoms. The van der Waals surface area contributed by atoms with Crippen LogP contribution in [0.2, 0.25) is 0 Å². The Bertz CT molecular complexity index is 1200. The van der Waals surface area contributed by atoms with E-state index in [2.05, 4.69) is 16.0 Å². The minimum atomic E-state index is -0.942. The largest absolute Gasteiger partial charge is 0.491 e. The Morgan fingerprint density at radius 3 is 2.43 bits per heavy atom. The van der Waals surface area contributed by atoms with Crippen molar-refractivity contribution in [2.24, 2.45) is 5.92 Å². The minimum absolute atomic E-state index is 0.0398. The third-order valence-corrected chi connectivity index (χ3v) is 7.38. The van der Waals surface area contributed by atoms with Gasteiger partial charge in [0.1, 0.15) is 24.4 Å². The summed E-state index contributed by atoms with van der Waals surface area (Å²) in [4.78, 5) is 57.1. The van der Waals surface area contributed by atoms with E-state index < -0.39 is 18.0 Å². The molecular weight excluding hydrogens is 534 g/mol. The van der Waals surface area contributed by atoms with Crippen LogP contribution in [0.1, 0.15) is 49.0 Å². The van der Waals surface area contributed by atoms with E-state index in [1.165, 1.54) is 0 Å². The van der Waals surface area contributed by atoms with E-state index in [9.17, 15) is 19.2 Å². The van der Waals surface area contributed by atoms with E-state index in [4.69, 9.17) is 4.74 Å². The van der Waals surface area contributed by atoms with Crippen LogP contribution in [0, 0.1) is 5.92 Å². The number of nitrogens with one attached hydrogen (secondary N) is 3. The van der Waals surface area contributed by atoms with Gasteiger partial charge in [-0.05, 0) is 63.5 Å². The molecule has 0 spiro atoms. The van der Waals surface area contributed by atoms with Crippen LogP contribution < -0.4 is 20.7 Å². The molecule has 0 fully saturated rings. The van der Waals surface area contributed by atoms with E-state index in [1.807, 2.05) is 63.2 Å². The van der Waals surface area contributed by atoms with E-state index in [1.54, 1.807) is 36.2 Å². The van der Waals surface area contributed by atoms with E-state index in [0.29, 0.717) is 18.7 Å². The molecule has 10 heteroatoms. The fourth-order valence-electron chi connectivity index (χ4n) is 4.83. The fraction of sp³-hybridized carbons (Fsp3) is 0.500. The van der Waals surface area contributed by atoms with Gasteiger partial charge in [-0.15, -0.1) is 0 Å². The van der Waals surface area contributed by atoms with Crippen LogP contribution in [0.3, 0.4) is 0 Å². The number of hydrogen-bond donors (Lipinski definition) is 3. The fourth-order valence-corrected chi connectivity index (χ4v) is 4.83. The molecule has 2 aromatic carbocycles. The maximum Gasteiger partial charge on any atom is 0.255 e. The molecule has 3 N–H and O–H groups in total. The highest BCUT2D eigenvalue weighted by molar-refractivity contribution is 5.99. The first-order chi connectivity index (χ1) is 20.1. The van der Waals surface area contributed by atoms with Gasteiger partial charge in [-0.2, -0.15) is 0 Å². The van der Waals surface area contributed by atoms with Gasteiger partial charge in [-0.25, -0.2) is 0 Å². The number of carbonyl (C=O) groups is 4. The number of fused-ring (bicyclic) bond motifs is 1. The second kappa shape index (κ2) is 15.9. The van der Waals surface area contributed by atoms with Crippen LogP contribution in [0.5, 0.6) is 5.75 Å². The molecule has 1 heterocycles. The summed E-state index contributed by atoms with van der Waals surface area (Å²) in [5.74, 6) is -1.25. The number of ether oxygens (including phenoxy) is 1. The lowest BCUT2D eigenvalue weighted by molar-refractivity contribution is -0.139. The Hall–Kier alpha value is -3.92. The van der Waals surface area contributed by atoms with Gasteiger partial charge in [0, 0.05) is 20.0 Å². The molecule has 10 nitrogen and oxygen atoms in total. The lowest BCUT2D eigenvalue weighted by Crippen LogP contribution is -2.54. The van der Waals surface area contributed by atoms with Crippen LogP contribution in [-0.2, 0) is 20.8 Å². The van der Waals surface area contributed by atoms with Crippen LogP contribution in [-0.4, -0.2) is 92.4 Å². The lowest BCUT2D eigenvalue weighted by atomic mass is 9.99. The zero-order valence-corrected chi connectivity index (χ0v) is 25.4. The first-order valence-corrected chi connectivity index (χ1v) is 14.6. The molecule has 4 amide bonds. The van der Waals surface area contributed by atoms with E-state index >= 15 is 0 Å². The normalized spacial score (nSPS) is 20.6. The second-order valence-corrected chi connectivity index (χ2v) is 11.4. The number of likely N-dealkylation sites (N-methyl/N-ethyl adjacent to an activating group) is 1. The predicted octanol–water partition coefficient (Wildman–Crippen LogP) is 2.24. The molecule has 2 aromatic rings. The van der Waals surface area contributed by atoms with Gasteiger partial charge in [0.05, 0.1) is 11.6 Å². The lowest BCUT2D eigenvalue weighted by Gasteiger charge is -2.33. The van der Waals surface area contributed by atoms with E-state index in [0.717, 1.165) is 18.5 Å². The van der Waals surface area contributed by atoms with Crippen molar-refractivity contribution >= 4 is 23.6 Å². The highest BCUT2D eigenvalue weighted by Gasteiger charge is 2.32. The van der Waals surface area contributed by atoms with E-state index in [-0.39, 0.29) is 54.7 Å². The molecule has 0 bridgehead atoms. The van der Waals surface area contributed by atoms with Crippen molar-refractivity contribution in [3.8, 4) is 5.75 Å². The Morgan fingerprint density at radius 2 is 1.74 bits per heavy atom. The van der Waals surface area contributed by atoms with Gasteiger partial charge >= 0.3 is 0 Å². The van der Waals surface area contributed by atoms with Gasteiger partial charge in [-0.1, -0.05) is 56.3 Å². The summed E-state index contributed by atoms with van der Waals surface area (Å²) < 4.78 is 6.20. The number of para-hydroxylation sites is 1. The maximum atomic E-state index is 13.8. The zero-order valence-electron chi connectivity index (χ0n) is 25.4. The molecule has 3 rings (SSSR count). The topological polar surface area (TPSA) is 120 Å². The van der Waals surface area contributed by atoms with Crippen molar-refractivity contribution in [3.05, 3.63) is 65.7 Å². The number of benzene rings is 2. The third kappa shape index (κ3) is 9.58. The van der Waals surface area contributed by atoms with Crippen molar-refractivity contribution in [2.75, 3.05) is 40.8 Å². The maximum absolute atomic E-state index is 13.8. The Labute approximate surface area is 249 Å². The molecule has 1 aliphatic rings. The standard InChI is InChI=1S/C32H45N5O5/c1-22(2)29-32(41)37(5)24(20-23-12-7-6-8-13-23)21-42-27-15-10-9-14-25(27)30(39)34-26(16-17-28(38)35-29)31(40)33-18-11-19-36(3)4/h6-10,12-15,22,24,26,29H,11,16-21H2,1-5H3,(H,33,40)(H,34,39)(H,35,38)/t24-,26+,29+/m1/s1. The van der Waals surface area contributed by atoms with Crippen molar-refractivity contribution in [3.63, 3.8) is 0 Å². The monoisotopic (exact) mass is 579 g/mol. The quantitative estimate of drug-likeness (QED) is 0.413. The van der Waals surface area contributed by atoms with Crippen LogP contribution >= 0.6 is 0 Å². The molecule has 0 unspecified atom stereocenters. The number of rotatable bonds is 8. The first kappa shape index (κ1) is 32.6. The smallest absolute Gasteiger partial charge is 0.255 e. The van der Waals surface area contributed by atoms with Crippen molar-refractivity contribution in [1.29, 1.82) is 0 Å². The van der Waals surface area contributed by atoms with Crippen molar-refractivity contribution < 1.29 is 23.9 Å². The molecule has 0 saturated carbocycles. The Morgan fingerprint density at radius 1 is 1.05 bits per heavy atom. The highest BCUT2D eigenvalue weighted by atomic mass is 16.5. The predicted molar refractivity (Wildman–Crippen MR) is 162 cm³/mol. The van der Waals surface area contributed by atoms with Gasteiger partial charge in [-0.3, -0.25) is 19.2 Å². The number of hydrogen-bond acceptors (Lipinski definition) is 6. The van der Waals surface area contributed by atoms with Gasteiger partial charge < -0.3 is 30.5 Å². The molecule has 1 aliphatic heterocycles. The van der Waals surface area contributed by atoms with Gasteiger partial charge in [0.2, 0.25) is 17.7 Å². The Balaban J connectivity index is 1.92. The average molecular weight is 580 g/mol. The van der Waals surface area contributed by atoms with Crippen LogP contribution in [0.15, 0.2) is 54.6 Å². The second-order valence-electron chi connectivity index (χ2n) is 11.4. The summed E-state index contributed by atoms with van der Waals surface area (Å²) >= 11 is 0. The molecule has 3 atom stereocenters. The molecule has 228 valence electrons. The number of nitrogens with zero attached hydrogens (tertiary/aromatic N) is 2. The minimum Gasteiger partial charge on any atom is -0.491 e.